The molecule has 0 bridgehead atoms. The Morgan fingerprint density at radius 3 is 2.48 bits per heavy atom. The van der Waals surface area contributed by atoms with Crippen LogP contribution in [-0.4, -0.2) is 52.4 Å². The Kier molecular flexibility index (Phi) is 6.14. The number of hydrogen-bond donors (Lipinski definition) is 0. The molecular weight excluding hydrogens is 412 g/mol. The fourth-order valence-electron chi connectivity index (χ4n) is 6.06. The molecule has 3 heterocycles. The molecule has 0 N–H and O–H groups in total. The van der Waals surface area contributed by atoms with Crippen molar-refractivity contribution in [3.8, 4) is 6.07 Å². The van der Waals surface area contributed by atoms with Crippen LogP contribution >= 0.6 is 0 Å². The van der Waals surface area contributed by atoms with Crippen molar-refractivity contribution in [3.63, 3.8) is 0 Å². The van der Waals surface area contributed by atoms with Crippen molar-refractivity contribution >= 4 is 22.7 Å². The predicted octanol–water partition coefficient (Wildman–Crippen LogP) is 3.99. The molecule has 0 spiro atoms. The van der Waals surface area contributed by atoms with E-state index in [0.717, 1.165) is 44.3 Å². The van der Waals surface area contributed by atoms with Crippen LogP contribution in [0.15, 0.2) is 24.4 Å². The zero-order valence-corrected chi connectivity index (χ0v) is 19.6. The predicted molar refractivity (Wildman–Crippen MR) is 127 cm³/mol. The van der Waals surface area contributed by atoms with Crippen LogP contribution in [0.4, 0.5) is 0 Å². The van der Waals surface area contributed by atoms with Crippen molar-refractivity contribution in [3.05, 3.63) is 35.5 Å². The summed E-state index contributed by atoms with van der Waals surface area (Å²) in [6.07, 6.45) is 9.75. The molecule has 2 saturated heterocycles. The number of benzene rings is 1. The molecule has 3 aliphatic rings. The monoisotopic (exact) mass is 446 g/mol. The SMILES string of the molecule is Cn1cc(C2CCN(C(=O)C3CCCC3)CC2)c2cc(CC(=O)N3CC(CC#N)C3)ccc21. The third-order valence-corrected chi connectivity index (χ3v) is 8.08. The molecule has 0 atom stereocenters. The first-order valence-electron chi connectivity index (χ1n) is 12.5. The maximum absolute atomic E-state index is 12.8. The van der Waals surface area contributed by atoms with E-state index < -0.39 is 0 Å². The van der Waals surface area contributed by atoms with E-state index in [1.54, 1.807) is 0 Å². The third-order valence-electron chi connectivity index (χ3n) is 8.08. The van der Waals surface area contributed by atoms with Gasteiger partial charge in [-0.05, 0) is 54.9 Å². The Hall–Kier alpha value is -2.81. The van der Waals surface area contributed by atoms with Gasteiger partial charge in [-0.2, -0.15) is 5.26 Å². The Morgan fingerprint density at radius 2 is 1.79 bits per heavy atom. The van der Waals surface area contributed by atoms with Crippen LogP contribution in [-0.2, 0) is 23.1 Å². The molecule has 0 radical (unpaired) electrons. The first-order valence-corrected chi connectivity index (χ1v) is 12.5. The van der Waals surface area contributed by atoms with Crippen LogP contribution in [0.5, 0.6) is 0 Å². The van der Waals surface area contributed by atoms with E-state index in [9.17, 15) is 9.59 Å². The number of nitriles is 1. The number of hydrogen-bond acceptors (Lipinski definition) is 3. The number of fused-ring (bicyclic) bond motifs is 1. The van der Waals surface area contributed by atoms with Crippen LogP contribution in [0.2, 0.25) is 0 Å². The number of carbonyl (C=O) groups is 2. The zero-order chi connectivity index (χ0) is 22.9. The highest BCUT2D eigenvalue weighted by Crippen LogP contribution is 2.36. The van der Waals surface area contributed by atoms with Gasteiger partial charge in [-0.25, -0.2) is 0 Å². The van der Waals surface area contributed by atoms with E-state index >= 15 is 0 Å². The molecule has 6 heteroatoms. The minimum absolute atomic E-state index is 0.153. The number of amides is 2. The summed E-state index contributed by atoms with van der Waals surface area (Å²) in [7, 11) is 2.09. The average Bonchev–Trinajstić information content (AvgIpc) is 3.44. The fraction of sp³-hybridized carbons (Fsp3) is 0.593. The molecule has 33 heavy (non-hydrogen) atoms. The standard InChI is InChI=1S/C27H34N4O2/c1-29-18-24(21-9-12-30(13-10-21)27(33)22-4-2-3-5-22)23-14-19(6-7-25(23)29)15-26(32)31-16-20(17-31)8-11-28/h6-7,14,18,20-22H,2-5,8-10,12-13,15-17H2,1H3. The van der Waals surface area contributed by atoms with E-state index in [4.69, 9.17) is 5.26 Å². The van der Waals surface area contributed by atoms with Gasteiger partial charge in [0.2, 0.25) is 11.8 Å². The summed E-state index contributed by atoms with van der Waals surface area (Å²) in [6.45, 7) is 3.13. The first-order chi connectivity index (χ1) is 16.0. The van der Waals surface area contributed by atoms with Gasteiger partial charge in [0.05, 0.1) is 12.5 Å². The van der Waals surface area contributed by atoms with Crippen LogP contribution in [0.25, 0.3) is 10.9 Å². The first kappa shape index (κ1) is 22.0. The van der Waals surface area contributed by atoms with Gasteiger partial charge in [-0.3, -0.25) is 9.59 Å². The van der Waals surface area contributed by atoms with Gasteiger partial charge < -0.3 is 14.4 Å². The van der Waals surface area contributed by atoms with Crippen molar-refractivity contribution in [1.82, 2.24) is 14.4 Å². The van der Waals surface area contributed by atoms with Gasteiger partial charge in [0.1, 0.15) is 0 Å². The summed E-state index contributed by atoms with van der Waals surface area (Å²) < 4.78 is 2.19. The maximum Gasteiger partial charge on any atom is 0.227 e. The van der Waals surface area contributed by atoms with Crippen LogP contribution < -0.4 is 0 Å². The van der Waals surface area contributed by atoms with Crippen molar-refractivity contribution in [2.75, 3.05) is 26.2 Å². The lowest BCUT2D eigenvalue weighted by atomic mass is 9.88. The van der Waals surface area contributed by atoms with Gasteiger partial charge in [0.15, 0.2) is 0 Å². The summed E-state index contributed by atoms with van der Waals surface area (Å²) >= 11 is 0. The Morgan fingerprint density at radius 1 is 1.06 bits per heavy atom. The molecule has 2 aromatic rings. The van der Waals surface area contributed by atoms with Crippen LogP contribution in [0.3, 0.4) is 0 Å². The molecule has 5 rings (SSSR count). The quantitative estimate of drug-likeness (QED) is 0.697. The largest absolute Gasteiger partial charge is 0.350 e. The fourth-order valence-corrected chi connectivity index (χ4v) is 6.06. The van der Waals surface area contributed by atoms with E-state index in [1.165, 1.54) is 29.3 Å². The van der Waals surface area contributed by atoms with Crippen molar-refractivity contribution < 1.29 is 9.59 Å². The molecule has 1 aromatic heterocycles. The van der Waals surface area contributed by atoms with Crippen molar-refractivity contribution in [1.29, 1.82) is 5.26 Å². The second kappa shape index (κ2) is 9.21. The molecule has 1 saturated carbocycles. The molecule has 2 aliphatic heterocycles. The Balaban J connectivity index is 1.26. The molecular formula is C27H34N4O2. The van der Waals surface area contributed by atoms with Gasteiger partial charge >= 0.3 is 0 Å². The molecule has 1 aromatic carbocycles. The maximum atomic E-state index is 12.8. The van der Waals surface area contributed by atoms with Crippen LogP contribution in [0, 0.1) is 23.2 Å². The number of nitrogens with zero attached hydrogens (tertiary/aromatic N) is 4. The topological polar surface area (TPSA) is 69.3 Å². The van der Waals surface area contributed by atoms with E-state index in [-0.39, 0.29) is 11.8 Å². The molecule has 1 aliphatic carbocycles. The summed E-state index contributed by atoms with van der Waals surface area (Å²) in [6, 6.07) is 8.60. The minimum Gasteiger partial charge on any atom is -0.350 e. The van der Waals surface area contributed by atoms with Gasteiger partial charge in [-0.15, -0.1) is 0 Å². The van der Waals surface area contributed by atoms with Gasteiger partial charge in [0.25, 0.3) is 0 Å². The molecule has 6 nitrogen and oxygen atoms in total. The van der Waals surface area contributed by atoms with E-state index in [2.05, 4.69) is 47.0 Å². The second-order valence-electron chi connectivity index (χ2n) is 10.3. The average molecular weight is 447 g/mol. The zero-order valence-electron chi connectivity index (χ0n) is 19.6. The van der Waals surface area contributed by atoms with E-state index in [1.807, 2.05) is 4.90 Å². The lowest BCUT2D eigenvalue weighted by Gasteiger charge is -2.38. The van der Waals surface area contributed by atoms with Gasteiger partial charge in [0, 0.05) is 68.6 Å². The molecule has 2 amide bonds. The third kappa shape index (κ3) is 4.38. The van der Waals surface area contributed by atoms with Gasteiger partial charge in [-0.1, -0.05) is 18.9 Å². The van der Waals surface area contributed by atoms with Crippen molar-refractivity contribution in [2.24, 2.45) is 18.9 Å². The number of likely N-dealkylation sites (tertiary alicyclic amines) is 2. The lowest BCUT2D eigenvalue weighted by Crippen LogP contribution is -2.50. The molecule has 3 fully saturated rings. The highest BCUT2D eigenvalue weighted by Gasteiger charge is 2.32. The van der Waals surface area contributed by atoms with E-state index in [0.29, 0.717) is 43.7 Å². The number of piperidine rings is 1. The highest BCUT2D eigenvalue weighted by molar-refractivity contribution is 5.87. The van der Waals surface area contributed by atoms with Crippen LogP contribution in [0.1, 0.15) is 62.0 Å². The highest BCUT2D eigenvalue weighted by atomic mass is 16.2. The number of carbonyl (C=O) groups excluding carboxylic acids is 2. The summed E-state index contributed by atoms with van der Waals surface area (Å²) in [5, 5.41) is 10.1. The van der Waals surface area contributed by atoms with Crippen molar-refractivity contribution in [2.45, 2.75) is 57.3 Å². The minimum atomic E-state index is 0.153. The Labute approximate surface area is 196 Å². The molecule has 0 unspecified atom stereocenters. The lowest BCUT2D eigenvalue weighted by molar-refractivity contribution is -0.137. The second-order valence-corrected chi connectivity index (χ2v) is 10.3. The normalized spacial score (nSPS) is 20.2. The number of aromatic nitrogens is 1. The summed E-state index contributed by atoms with van der Waals surface area (Å²) in [5.74, 6) is 1.59. The Bertz CT molecular complexity index is 1080. The summed E-state index contributed by atoms with van der Waals surface area (Å²) in [4.78, 5) is 29.5. The smallest absolute Gasteiger partial charge is 0.227 e. The molecule has 174 valence electrons. The number of aryl methyl sites for hydroxylation is 1. The number of rotatable bonds is 5. The summed E-state index contributed by atoms with van der Waals surface area (Å²) in [5.41, 5.74) is 3.61.